The molecule has 0 amide bonds. The van der Waals surface area contributed by atoms with Gasteiger partial charge < -0.3 is 5.11 Å². The van der Waals surface area contributed by atoms with Crippen molar-refractivity contribution in [3.8, 4) is 0 Å². The zero-order chi connectivity index (χ0) is 14.2. The summed E-state index contributed by atoms with van der Waals surface area (Å²) in [5, 5.41) is 11.0. The van der Waals surface area contributed by atoms with Crippen LogP contribution in [0, 0.1) is 19.7 Å². The predicted molar refractivity (Wildman–Crippen MR) is 76.4 cm³/mol. The van der Waals surface area contributed by atoms with Crippen molar-refractivity contribution in [2.24, 2.45) is 0 Å². The van der Waals surface area contributed by atoms with E-state index in [1.165, 1.54) is 6.07 Å². The Morgan fingerprint density at radius 3 is 2.26 bits per heavy atom. The van der Waals surface area contributed by atoms with Crippen molar-refractivity contribution in [3.63, 3.8) is 0 Å². The summed E-state index contributed by atoms with van der Waals surface area (Å²) in [6.07, 6.45) is -0.972. The quantitative estimate of drug-likeness (QED) is 0.842. The number of hydrogen-bond acceptors (Lipinski definition) is 1. The van der Waals surface area contributed by atoms with E-state index in [4.69, 9.17) is 23.2 Å². The molecule has 1 nitrogen and oxygen atoms in total. The molecule has 4 heteroatoms. The number of benzene rings is 2. The molecular weight excluding hydrogens is 286 g/mol. The van der Waals surface area contributed by atoms with Crippen LogP contribution in [0.2, 0.25) is 10.0 Å². The Balaban J connectivity index is 2.49. The molecule has 100 valence electrons. The smallest absolute Gasteiger partial charge is 0.127 e. The molecule has 0 spiro atoms. The van der Waals surface area contributed by atoms with E-state index in [-0.39, 0.29) is 5.02 Å². The van der Waals surface area contributed by atoms with Crippen LogP contribution in [-0.4, -0.2) is 5.11 Å². The van der Waals surface area contributed by atoms with Crippen molar-refractivity contribution < 1.29 is 9.50 Å². The highest BCUT2D eigenvalue weighted by Gasteiger charge is 2.18. The first-order valence-electron chi connectivity index (χ1n) is 5.80. The first kappa shape index (κ1) is 14.3. The third kappa shape index (κ3) is 2.92. The average Bonchev–Trinajstić information content (AvgIpc) is 2.33. The number of rotatable bonds is 2. The van der Waals surface area contributed by atoms with Gasteiger partial charge in [0, 0.05) is 21.2 Å². The molecule has 1 unspecified atom stereocenters. The predicted octanol–water partition coefficient (Wildman–Crippen LogP) is 4.83. The molecule has 1 N–H and O–H groups in total. The lowest BCUT2D eigenvalue weighted by Gasteiger charge is -2.16. The van der Waals surface area contributed by atoms with Crippen molar-refractivity contribution in [2.45, 2.75) is 20.0 Å². The Hall–Kier alpha value is -1.09. The molecule has 0 aliphatic rings. The van der Waals surface area contributed by atoms with Gasteiger partial charge in [-0.05, 0) is 43.2 Å². The molecule has 19 heavy (non-hydrogen) atoms. The fourth-order valence-corrected chi connectivity index (χ4v) is 2.50. The van der Waals surface area contributed by atoms with Gasteiger partial charge in [-0.25, -0.2) is 4.39 Å². The van der Waals surface area contributed by atoms with Gasteiger partial charge in [-0.1, -0.05) is 35.3 Å². The summed E-state index contributed by atoms with van der Waals surface area (Å²) >= 11 is 12.1. The Morgan fingerprint density at radius 1 is 1.00 bits per heavy atom. The van der Waals surface area contributed by atoms with Crippen molar-refractivity contribution in [1.82, 2.24) is 0 Å². The van der Waals surface area contributed by atoms with E-state index in [1.54, 1.807) is 25.1 Å². The van der Waals surface area contributed by atoms with Crippen LogP contribution in [0.15, 0.2) is 30.3 Å². The molecule has 2 aromatic carbocycles. The fraction of sp³-hybridized carbons (Fsp3) is 0.200. The highest BCUT2D eigenvalue weighted by atomic mass is 35.5. The maximum absolute atomic E-state index is 13.4. The number of hydrogen-bond donors (Lipinski definition) is 1. The highest BCUT2D eigenvalue weighted by Crippen LogP contribution is 2.33. The summed E-state index contributed by atoms with van der Waals surface area (Å²) in [5.74, 6) is -0.393. The molecule has 0 aliphatic carbocycles. The Kier molecular flexibility index (Phi) is 4.14. The van der Waals surface area contributed by atoms with E-state index in [0.717, 1.165) is 5.56 Å². The molecule has 0 bridgehead atoms. The maximum Gasteiger partial charge on any atom is 0.127 e. The van der Waals surface area contributed by atoms with Crippen molar-refractivity contribution in [2.75, 3.05) is 0 Å². The lowest BCUT2D eigenvalue weighted by atomic mass is 9.99. The molecule has 0 saturated carbocycles. The zero-order valence-electron chi connectivity index (χ0n) is 10.5. The first-order chi connectivity index (χ1) is 8.90. The molecular formula is C15H13Cl2FO. The highest BCUT2D eigenvalue weighted by molar-refractivity contribution is 6.32. The third-order valence-corrected chi connectivity index (χ3v) is 3.68. The zero-order valence-corrected chi connectivity index (χ0v) is 12.1. The molecule has 2 rings (SSSR count). The Labute approximate surface area is 121 Å². The summed E-state index contributed by atoms with van der Waals surface area (Å²) < 4.78 is 13.4. The minimum Gasteiger partial charge on any atom is -0.384 e. The Morgan fingerprint density at radius 2 is 1.63 bits per heavy atom. The maximum atomic E-state index is 13.4. The van der Waals surface area contributed by atoms with Crippen molar-refractivity contribution in [3.05, 3.63) is 68.4 Å². The lowest BCUT2D eigenvalue weighted by Crippen LogP contribution is -2.03. The van der Waals surface area contributed by atoms with Gasteiger partial charge in [-0.15, -0.1) is 0 Å². The van der Waals surface area contributed by atoms with Gasteiger partial charge in [0.15, 0.2) is 0 Å². The minimum atomic E-state index is -0.972. The molecule has 0 saturated heterocycles. The largest absolute Gasteiger partial charge is 0.384 e. The van der Waals surface area contributed by atoms with E-state index in [1.807, 2.05) is 13.0 Å². The third-order valence-electron chi connectivity index (χ3n) is 3.02. The lowest BCUT2D eigenvalue weighted by molar-refractivity contribution is 0.220. The molecule has 2 aromatic rings. The summed E-state index contributed by atoms with van der Waals surface area (Å²) in [5.41, 5.74) is 2.44. The number of halogens is 3. The van der Waals surface area contributed by atoms with Gasteiger partial charge in [0.05, 0.1) is 0 Å². The first-order valence-corrected chi connectivity index (χ1v) is 6.55. The second kappa shape index (κ2) is 5.49. The van der Waals surface area contributed by atoms with Crippen LogP contribution in [0.5, 0.6) is 0 Å². The van der Waals surface area contributed by atoms with E-state index >= 15 is 0 Å². The van der Waals surface area contributed by atoms with E-state index in [0.29, 0.717) is 21.7 Å². The summed E-state index contributed by atoms with van der Waals surface area (Å²) in [4.78, 5) is 0. The molecule has 0 fully saturated rings. The van der Waals surface area contributed by atoms with E-state index < -0.39 is 11.9 Å². The molecule has 0 aliphatic heterocycles. The van der Waals surface area contributed by atoms with Crippen LogP contribution < -0.4 is 0 Å². The average molecular weight is 299 g/mol. The van der Waals surface area contributed by atoms with E-state index in [2.05, 4.69) is 0 Å². The molecule has 0 radical (unpaired) electrons. The Bertz CT molecular complexity index is 626. The number of aryl methyl sites for hydroxylation is 2. The standard InChI is InChI=1S/C15H13Cl2FO/c1-8-3-4-10(12(16)5-8)15(19)11-6-9(2)14(18)7-13(11)17/h3-7,15,19H,1-2H3. The molecule has 0 heterocycles. The van der Waals surface area contributed by atoms with Crippen LogP contribution in [0.3, 0.4) is 0 Å². The van der Waals surface area contributed by atoms with Gasteiger partial charge in [-0.2, -0.15) is 0 Å². The van der Waals surface area contributed by atoms with Gasteiger partial charge in [0.25, 0.3) is 0 Å². The monoisotopic (exact) mass is 298 g/mol. The molecule has 1 atom stereocenters. The van der Waals surface area contributed by atoms with E-state index in [9.17, 15) is 9.50 Å². The van der Waals surface area contributed by atoms with Crippen LogP contribution in [-0.2, 0) is 0 Å². The van der Waals surface area contributed by atoms with Crippen LogP contribution in [0.25, 0.3) is 0 Å². The number of aliphatic hydroxyl groups is 1. The van der Waals surface area contributed by atoms with Gasteiger partial charge in [0.2, 0.25) is 0 Å². The molecule has 0 aromatic heterocycles. The van der Waals surface area contributed by atoms with Crippen molar-refractivity contribution in [1.29, 1.82) is 0 Å². The second-order valence-corrected chi connectivity index (χ2v) is 5.36. The summed E-state index contributed by atoms with van der Waals surface area (Å²) in [6, 6.07) is 8.12. The topological polar surface area (TPSA) is 20.2 Å². The van der Waals surface area contributed by atoms with Crippen LogP contribution in [0.4, 0.5) is 4.39 Å². The normalized spacial score (nSPS) is 12.5. The second-order valence-electron chi connectivity index (χ2n) is 4.55. The SMILES string of the molecule is Cc1ccc(C(O)c2cc(C)c(F)cc2Cl)c(Cl)c1. The minimum absolute atomic E-state index is 0.187. The van der Waals surface area contributed by atoms with Crippen LogP contribution >= 0.6 is 23.2 Å². The summed E-state index contributed by atoms with van der Waals surface area (Å²) in [6.45, 7) is 3.54. The van der Waals surface area contributed by atoms with Gasteiger partial charge in [-0.3, -0.25) is 0 Å². The van der Waals surface area contributed by atoms with Gasteiger partial charge >= 0.3 is 0 Å². The fourth-order valence-electron chi connectivity index (χ4n) is 1.91. The van der Waals surface area contributed by atoms with Crippen LogP contribution in [0.1, 0.15) is 28.4 Å². The summed E-state index contributed by atoms with van der Waals surface area (Å²) in [7, 11) is 0. The van der Waals surface area contributed by atoms with Gasteiger partial charge in [0.1, 0.15) is 11.9 Å². The number of aliphatic hydroxyl groups excluding tert-OH is 1. The van der Waals surface area contributed by atoms with Crippen molar-refractivity contribution >= 4 is 23.2 Å².